The molecule has 1 amide bonds. The summed E-state index contributed by atoms with van der Waals surface area (Å²) in [5.41, 5.74) is 1.12. The Hall–Kier alpha value is -2.26. The number of hydrogen-bond acceptors (Lipinski definition) is 5. The highest BCUT2D eigenvalue weighted by Gasteiger charge is 2.06. The van der Waals surface area contributed by atoms with Gasteiger partial charge in [0.2, 0.25) is 15.9 Å². The molecule has 1 aromatic carbocycles. The van der Waals surface area contributed by atoms with E-state index in [4.69, 9.17) is 5.14 Å². The third-order valence-corrected chi connectivity index (χ3v) is 3.12. The van der Waals surface area contributed by atoms with Crippen LogP contribution < -0.4 is 10.5 Å². The average Bonchev–Trinajstić information content (AvgIpc) is 2.82. The number of nitrogens with zero attached hydrogens (tertiary/aromatic N) is 3. The van der Waals surface area contributed by atoms with Gasteiger partial charge in [0.15, 0.2) is 0 Å². The maximum absolute atomic E-state index is 11.7. The Morgan fingerprint density at radius 3 is 2.55 bits per heavy atom. The van der Waals surface area contributed by atoms with Crippen LogP contribution in [0.4, 0.5) is 5.69 Å². The molecule has 0 bridgehead atoms. The molecule has 0 spiro atoms. The molecule has 20 heavy (non-hydrogen) atoms. The van der Waals surface area contributed by atoms with Crippen LogP contribution in [0.3, 0.4) is 0 Å². The Labute approximate surface area is 115 Å². The van der Waals surface area contributed by atoms with Crippen molar-refractivity contribution in [3.63, 3.8) is 0 Å². The zero-order valence-electron chi connectivity index (χ0n) is 10.4. The lowest BCUT2D eigenvalue weighted by molar-refractivity contribution is -0.116. The Bertz CT molecular complexity index is 679. The van der Waals surface area contributed by atoms with Crippen LogP contribution in [0.15, 0.2) is 36.7 Å². The van der Waals surface area contributed by atoms with E-state index in [2.05, 4.69) is 15.6 Å². The predicted octanol–water partition coefficient (Wildman–Crippen LogP) is -0.295. The lowest BCUT2D eigenvalue weighted by atomic mass is 10.2. The molecule has 2 aromatic rings. The van der Waals surface area contributed by atoms with Gasteiger partial charge >= 0.3 is 0 Å². The van der Waals surface area contributed by atoms with Crippen LogP contribution in [0.25, 0.3) is 0 Å². The van der Waals surface area contributed by atoms with Crippen molar-refractivity contribution in [3.8, 4) is 0 Å². The summed E-state index contributed by atoms with van der Waals surface area (Å²) >= 11 is 0. The third-order valence-electron chi connectivity index (χ3n) is 2.38. The molecule has 1 aromatic heterocycles. The number of nitrogens with one attached hydrogen (secondary N) is 1. The van der Waals surface area contributed by atoms with Crippen molar-refractivity contribution >= 4 is 21.6 Å². The molecule has 0 saturated heterocycles. The first-order valence-corrected chi connectivity index (χ1v) is 7.37. The highest BCUT2D eigenvalue weighted by Crippen LogP contribution is 2.11. The van der Waals surface area contributed by atoms with Crippen LogP contribution in [0, 0.1) is 0 Å². The summed E-state index contributed by atoms with van der Waals surface area (Å²) < 4.78 is 23.3. The molecular weight excluding hydrogens is 282 g/mol. The first-order chi connectivity index (χ1) is 9.42. The summed E-state index contributed by atoms with van der Waals surface area (Å²) in [6.07, 6.45) is 3.06. The second kappa shape index (κ2) is 5.80. The monoisotopic (exact) mass is 295 g/mol. The van der Waals surface area contributed by atoms with Gasteiger partial charge in [-0.1, -0.05) is 17.3 Å². The second-order valence-corrected chi connectivity index (χ2v) is 5.77. The zero-order valence-corrected chi connectivity index (χ0v) is 11.2. The number of hydrogen-bond donors (Lipinski definition) is 2. The molecule has 0 fully saturated rings. The van der Waals surface area contributed by atoms with E-state index in [1.54, 1.807) is 30.5 Å². The lowest BCUT2D eigenvalue weighted by Gasteiger charge is -2.06. The molecule has 1 heterocycles. The molecule has 0 aliphatic carbocycles. The van der Waals surface area contributed by atoms with Crippen LogP contribution >= 0.6 is 0 Å². The maximum atomic E-state index is 11.7. The molecule has 0 unspecified atom stereocenters. The summed E-state index contributed by atoms with van der Waals surface area (Å²) in [6.45, 7) is 0.0545. The molecule has 9 heteroatoms. The molecule has 0 aliphatic rings. The first-order valence-electron chi connectivity index (χ1n) is 5.66. The van der Waals surface area contributed by atoms with Crippen molar-refractivity contribution in [1.29, 1.82) is 0 Å². The van der Waals surface area contributed by atoms with Crippen LogP contribution in [-0.2, 0) is 27.1 Å². The van der Waals surface area contributed by atoms with Crippen molar-refractivity contribution in [2.24, 2.45) is 5.14 Å². The van der Waals surface area contributed by atoms with Crippen LogP contribution in [-0.4, -0.2) is 29.3 Å². The van der Waals surface area contributed by atoms with Gasteiger partial charge < -0.3 is 5.32 Å². The van der Waals surface area contributed by atoms with Gasteiger partial charge in [0, 0.05) is 11.9 Å². The number of amides is 1. The van der Waals surface area contributed by atoms with Gasteiger partial charge in [0.05, 0.1) is 11.9 Å². The number of anilines is 1. The Balaban J connectivity index is 1.95. The summed E-state index contributed by atoms with van der Waals surface area (Å²) in [5.74, 6) is -0.491. The Morgan fingerprint density at radius 2 is 2.00 bits per heavy atom. The van der Waals surface area contributed by atoms with E-state index in [0.717, 1.165) is 0 Å². The quantitative estimate of drug-likeness (QED) is 0.785. The van der Waals surface area contributed by atoms with E-state index < -0.39 is 10.0 Å². The van der Waals surface area contributed by atoms with Crippen LogP contribution in [0.1, 0.15) is 5.56 Å². The van der Waals surface area contributed by atoms with Crippen molar-refractivity contribution in [3.05, 3.63) is 42.2 Å². The SMILES string of the molecule is NS(=O)(=O)Cc1ccc(NC(=O)Cn2ccnn2)cc1. The number of benzene rings is 1. The van der Waals surface area contributed by atoms with Crippen molar-refractivity contribution in [2.75, 3.05) is 5.32 Å². The van der Waals surface area contributed by atoms with E-state index in [-0.39, 0.29) is 18.2 Å². The summed E-state index contributed by atoms with van der Waals surface area (Å²) in [4.78, 5) is 11.7. The summed E-state index contributed by atoms with van der Waals surface area (Å²) in [6, 6.07) is 6.41. The maximum Gasteiger partial charge on any atom is 0.246 e. The zero-order chi connectivity index (χ0) is 14.6. The molecule has 3 N–H and O–H groups in total. The Morgan fingerprint density at radius 1 is 1.30 bits per heavy atom. The van der Waals surface area contributed by atoms with Gasteiger partial charge in [-0.05, 0) is 17.7 Å². The fourth-order valence-corrected chi connectivity index (χ4v) is 2.24. The lowest BCUT2D eigenvalue weighted by Crippen LogP contribution is -2.19. The van der Waals surface area contributed by atoms with E-state index in [9.17, 15) is 13.2 Å². The van der Waals surface area contributed by atoms with Gasteiger partial charge in [-0.25, -0.2) is 18.2 Å². The van der Waals surface area contributed by atoms with Crippen molar-refractivity contribution in [2.45, 2.75) is 12.3 Å². The topological polar surface area (TPSA) is 120 Å². The summed E-state index contributed by atoms with van der Waals surface area (Å²) in [5, 5.41) is 14.9. The number of aromatic nitrogens is 3. The first kappa shape index (κ1) is 14.2. The molecule has 0 aliphatic heterocycles. The fraction of sp³-hybridized carbons (Fsp3) is 0.182. The molecule has 8 nitrogen and oxygen atoms in total. The normalized spacial score (nSPS) is 11.2. The molecule has 106 valence electrons. The number of nitrogens with two attached hydrogens (primary N) is 1. The number of carbonyl (C=O) groups excluding carboxylic acids is 1. The van der Waals surface area contributed by atoms with Gasteiger partial charge in [0.1, 0.15) is 6.54 Å². The van der Waals surface area contributed by atoms with Gasteiger partial charge in [0.25, 0.3) is 0 Å². The largest absolute Gasteiger partial charge is 0.324 e. The fourth-order valence-electron chi connectivity index (χ4n) is 1.58. The van der Waals surface area contributed by atoms with E-state index >= 15 is 0 Å². The van der Waals surface area contributed by atoms with Crippen molar-refractivity contribution < 1.29 is 13.2 Å². The van der Waals surface area contributed by atoms with Crippen LogP contribution in [0.5, 0.6) is 0 Å². The van der Waals surface area contributed by atoms with Gasteiger partial charge in [-0.3, -0.25) is 4.79 Å². The highest BCUT2D eigenvalue weighted by atomic mass is 32.2. The molecule has 2 rings (SSSR count). The molecule has 0 saturated carbocycles. The number of primary sulfonamides is 1. The third kappa shape index (κ3) is 4.44. The number of sulfonamides is 1. The molecular formula is C11H13N5O3S. The van der Waals surface area contributed by atoms with E-state index in [0.29, 0.717) is 11.3 Å². The van der Waals surface area contributed by atoms with Gasteiger partial charge in [-0.2, -0.15) is 0 Å². The Kier molecular flexibility index (Phi) is 4.11. The smallest absolute Gasteiger partial charge is 0.246 e. The molecule has 0 radical (unpaired) electrons. The standard InChI is InChI=1S/C11H13N5O3S/c12-20(18,19)8-9-1-3-10(4-2-9)14-11(17)7-16-6-5-13-15-16/h1-6H,7-8H2,(H,14,17)(H2,12,18,19). The minimum atomic E-state index is -3.55. The minimum absolute atomic E-state index is 0.0545. The predicted molar refractivity (Wildman–Crippen MR) is 71.9 cm³/mol. The van der Waals surface area contributed by atoms with Gasteiger partial charge in [-0.15, -0.1) is 5.10 Å². The summed E-state index contributed by atoms with van der Waals surface area (Å²) in [7, 11) is -3.55. The average molecular weight is 295 g/mol. The molecule has 0 atom stereocenters. The minimum Gasteiger partial charge on any atom is -0.324 e. The van der Waals surface area contributed by atoms with E-state index in [1.807, 2.05) is 0 Å². The number of carbonyl (C=O) groups is 1. The van der Waals surface area contributed by atoms with Crippen LogP contribution in [0.2, 0.25) is 0 Å². The van der Waals surface area contributed by atoms with E-state index in [1.165, 1.54) is 10.9 Å². The highest BCUT2D eigenvalue weighted by molar-refractivity contribution is 7.88. The second-order valence-electron chi connectivity index (χ2n) is 4.15. The van der Waals surface area contributed by atoms with Crippen molar-refractivity contribution in [1.82, 2.24) is 15.0 Å². The number of rotatable bonds is 5.